The Morgan fingerprint density at radius 1 is 1.60 bits per heavy atom. The number of benzene rings is 1. The molecule has 0 saturated carbocycles. The highest BCUT2D eigenvalue weighted by atomic mass is 19.1. The summed E-state index contributed by atoms with van der Waals surface area (Å²) in [4.78, 5) is 11.2. The van der Waals surface area contributed by atoms with Crippen LogP contribution in [0.5, 0.6) is 0 Å². The van der Waals surface area contributed by atoms with Gasteiger partial charge in [-0.3, -0.25) is 4.79 Å². The van der Waals surface area contributed by atoms with Gasteiger partial charge in [0.15, 0.2) is 0 Å². The van der Waals surface area contributed by atoms with Gasteiger partial charge in [-0.05, 0) is 29.7 Å². The molecule has 1 aliphatic rings. The molecule has 0 radical (unpaired) electrons. The summed E-state index contributed by atoms with van der Waals surface area (Å²) in [5, 5.41) is 2.72. The van der Waals surface area contributed by atoms with Crippen molar-refractivity contribution in [3.05, 3.63) is 29.1 Å². The maximum atomic E-state index is 13.3. The van der Waals surface area contributed by atoms with Gasteiger partial charge in [-0.2, -0.15) is 0 Å². The number of carbonyl (C=O) groups is 1. The highest BCUT2D eigenvalue weighted by molar-refractivity contribution is 6.00. The fourth-order valence-corrected chi connectivity index (χ4v) is 1.85. The van der Waals surface area contributed by atoms with Crippen LogP contribution < -0.4 is 11.1 Å². The second kappa shape index (κ2) is 3.62. The van der Waals surface area contributed by atoms with E-state index in [1.54, 1.807) is 0 Å². The largest absolute Gasteiger partial charge is 0.325 e. The van der Waals surface area contributed by atoms with E-state index < -0.39 is 0 Å². The van der Waals surface area contributed by atoms with Crippen LogP contribution in [0.15, 0.2) is 12.1 Å². The van der Waals surface area contributed by atoms with Crippen LogP contribution in [-0.4, -0.2) is 5.91 Å². The van der Waals surface area contributed by atoms with Crippen LogP contribution in [0.25, 0.3) is 0 Å². The molecule has 80 valence electrons. The molecule has 0 aliphatic carbocycles. The monoisotopic (exact) mass is 208 g/mol. The number of halogens is 1. The third-order valence-electron chi connectivity index (χ3n) is 2.67. The quantitative estimate of drug-likeness (QED) is 0.777. The Bertz CT molecular complexity index is 417. The second-order valence-electron chi connectivity index (χ2n) is 3.77. The molecule has 1 unspecified atom stereocenters. The summed E-state index contributed by atoms with van der Waals surface area (Å²) in [7, 11) is 0. The van der Waals surface area contributed by atoms with Crippen molar-refractivity contribution in [3.63, 3.8) is 0 Å². The summed E-state index contributed by atoms with van der Waals surface area (Å²) in [6.07, 6.45) is 0.961. The molecule has 2 rings (SSSR count). The first-order valence-corrected chi connectivity index (χ1v) is 4.99. The molecular weight excluding hydrogens is 195 g/mol. The van der Waals surface area contributed by atoms with Crippen LogP contribution in [0, 0.1) is 5.82 Å². The highest BCUT2D eigenvalue weighted by Gasteiger charge is 2.23. The topological polar surface area (TPSA) is 55.1 Å². The number of nitrogens with one attached hydrogen (secondary N) is 1. The molecule has 1 atom stereocenters. The first kappa shape index (κ1) is 10.1. The zero-order chi connectivity index (χ0) is 11.0. The third-order valence-corrected chi connectivity index (χ3v) is 2.67. The molecule has 0 bridgehead atoms. The summed E-state index contributed by atoms with van der Waals surface area (Å²) in [6, 6.07) is 2.56. The normalized spacial score (nSPS) is 16.1. The lowest BCUT2D eigenvalue weighted by atomic mass is 10.00. The van der Waals surface area contributed by atoms with Gasteiger partial charge in [0.1, 0.15) is 5.82 Å². The molecule has 0 aromatic heterocycles. The predicted molar refractivity (Wildman–Crippen MR) is 56.0 cm³/mol. The first-order chi connectivity index (χ1) is 7.11. The summed E-state index contributed by atoms with van der Waals surface area (Å²) in [5.41, 5.74) is 7.97. The Kier molecular flexibility index (Phi) is 2.44. The number of amides is 1. The lowest BCUT2D eigenvalue weighted by molar-refractivity contribution is -0.115. The Morgan fingerprint density at radius 3 is 3.00 bits per heavy atom. The molecule has 0 fully saturated rings. The molecule has 1 heterocycles. The fraction of sp³-hybridized carbons (Fsp3) is 0.364. The van der Waals surface area contributed by atoms with Crippen molar-refractivity contribution < 1.29 is 9.18 Å². The minimum Gasteiger partial charge on any atom is -0.325 e. The Morgan fingerprint density at radius 2 is 2.33 bits per heavy atom. The fourth-order valence-electron chi connectivity index (χ4n) is 1.85. The molecule has 4 heteroatoms. The SMILES string of the molecule is CCC(N)c1cc(F)cc2c1NC(=O)C2. The van der Waals surface area contributed by atoms with Crippen molar-refractivity contribution in [2.75, 3.05) is 5.32 Å². The van der Waals surface area contributed by atoms with Gasteiger partial charge < -0.3 is 11.1 Å². The smallest absolute Gasteiger partial charge is 0.228 e. The standard InChI is InChI=1S/C11H13FN2O/c1-2-9(13)8-5-7(12)3-6-4-10(15)14-11(6)8/h3,5,9H,2,4,13H2,1H3,(H,14,15). The van der Waals surface area contributed by atoms with Gasteiger partial charge in [0, 0.05) is 11.7 Å². The number of fused-ring (bicyclic) bond motifs is 1. The Hall–Kier alpha value is -1.42. The number of rotatable bonds is 2. The van der Waals surface area contributed by atoms with E-state index in [0.29, 0.717) is 23.2 Å². The average molecular weight is 208 g/mol. The van der Waals surface area contributed by atoms with Crippen LogP contribution in [0.3, 0.4) is 0 Å². The molecule has 1 aromatic carbocycles. The van der Waals surface area contributed by atoms with Gasteiger partial charge in [-0.15, -0.1) is 0 Å². The molecule has 15 heavy (non-hydrogen) atoms. The minimum atomic E-state index is -0.329. The van der Waals surface area contributed by atoms with Crippen molar-refractivity contribution in [3.8, 4) is 0 Å². The maximum Gasteiger partial charge on any atom is 0.228 e. The number of nitrogens with two attached hydrogens (primary N) is 1. The zero-order valence-corrected chi connectivity index (χ0v) is 8.51. The molecule has 3 nitrogen and oxygen atoms in total. The van der Waals surface area contributed by atoms with E-state index in [0.717, 1.165) is 0 Å². The van der Waals surface area contributed by atoms with Gasteiger partial charge in [-0.1, -0.05) is 6.92 Å². The second-order valence-corrected chi connectivity index (χ2v) is 3.77. The number of hydrogen-bond acceptors (Lipinski definition) is 2. The van der Waals surface area contributed by atoms with Crippen LogP contribution in [-0.2, 0) is 11.2 Å². The zero-order valence-electron chi connectivity index (χ0n) is 8.51. The van der Waals surface area contributed by atoms with Crippen molar-refractivity contribution in [2.45, 2.75) is 25.8 Å². The van der Waals surface area contributed by atoms with Crippen molar-refractivity contribution >= 4 is 11.6 Å². The highest BCUT2D eigenvalue weighted by Crippen LogP contribution is 2.32. The minimum absolute atomic E-state index is 0.0971. The van der Waals surface area contributed by atoms with E-state index >= 15 is 0 Å². The molecule has 3 N–H and O–H groups in total. The average Bonchev–Trinajstić information content (AvgIpc) is 2.55. The summed E-state index contributed by atoms with van der Waals surface area (Å²) in [5.74, 6) is -0.427. The summed E-state index contributed by atoms with van der Waals surface area (Å²) in [6.45, 7) is 1.93. The third kappa shape index (κ3) is 1.72. The van der Waals surface area contributed by atoms with E-state index in [4.69, 9.17) is 5.73 Å². The Balaban J connectivity index is 2.51. The number of hydrogen-bond donors (Lipinski definition) is 2. The molecule has 1 aromatic rings. The number of anilines is 1. The predicted octanol–water partition coefficient (Wildman–Crippen LogP) is 1.73. The molecular formula is C11H13FN2O. The lowest BCUT2D eigenvalue weighted by Gasteiger charge is -2.14. The van der Waals surface area contributed by atoms with Crippen molar-refractivity contribution in [1.82, 2.24) is 0 Å². The van der Waals surface area contributed by atoms with E-state index in [1.807, 2.05) is 6.92 Å². The van der Waals surface area contributed by atoms with Gasteiger partial charge in [-0.25, -0.2) is 4.39 Å². The molecule has 1 amide bonds. The van der Waals surface area contributed by atoms with Crippen molar-refractivity contribution in [1.29, 1.82) is 0 Å². The van der Waals surface area contributed by atoms with E-state index in [9.17, 15) is 9.18 Å². The van der Waals surface area contributed by atoms with Crippen LogP contribution in [0.1, 0.15) is 30.5 Å². The van der Waals surface area contributed by atoms with Gasteiger partial charge in [0.2, 0.25) is 5.91 Å². The van der Waals surface area contributed by atoms with E-state index in [-0.39, 0.29) is 24.2 Å². The van der Waals surface area contributed by atoms with Crippen LogP contribution >= 0.6 is 0 Å². The number of carbonyl (C=O) groups excluding carboxylic acids is 1. The van der Waals surface area contributed by atoms with E-state index in [2.05, 4.69) is 5.32 Å². The maximum absolute atomic E-state index is 13.3. The Labute approximate surface area is 87.5 Å². The molecule has 0 spiro atoms. The van der Waals surface area contributed by atoms with Gasteiger partial charge in [0.25, 0.3) is 0 Å². The van der Waals surface area contributed by atoms with E-state index in [1.165, 1.54) is 12.1 Å². The molecule has 1 aliphatic heterocycles. The van der Waals surface area contributed by atoms with Crippen LogP contribution in [0.4, 0.5) is 10.1 Å². The first-order valence-electron chi connectivity index (χ1n) is 4.99. The van der Waals surface area contributed by atoms with Gasteiger partial charge >= 0.3 is 0 Å². The lowest BCUT2D eigenvalue weighted by Crippen LogP contribution is -2.12. The summed E-state index contributed by atoms with van der Waals surface area (Å²) < 4.78 is 13.3. The van der Waals surface area contributed by atoms with Crippen LogP contribution in [0.2, 0.25) is 0 Å². The molecule has 0 saturated heterocycles. The van der Waals surface area contributed by atoms with Crippen molar-refractivity contribution in [2.24, 2.45) is 5.73 Å². The summed E-state index contributed by atoms with van der Waals surface area (Å²) >= 11 is 0. The van der Waals surface area contributed by atoms with Gasteiger partial charge in [0.05, 0.1) is 6.42 Å².